The van der Waals surface area contributed by atoms with Gasteiger partial charge in [0.25, 0.3) is 0 Å². The fourth-order valence-corrected chi connectivity index (χ4v) is 8.37. The number of benzene rings is 6. The van der Waals surface area contributed by atoms with Crippen LogP contribution in [0.1, 0.15) is 48.8 Å². The monoisotopic (exact) mass is 630 g/mol. The summed E-state index contributed by atoms with van der Waals surface area (Å²) in [4.78, 5) is 10.2. The molecule has 0 radical (unpaired) electrons. The predicted molar refractivity (Wildman–Crippen MR) is 203 cm³/mol. The lowest BCUT2D eigenvalue weighted by Gasteiger charge is -2.36. The van der Waals surface area contributed by atoms with Gasteiger partial charge in [0.15, 0.2) is 5.82 Å². The first-order valence-electron chi connectivity index (χ1n) is 17.6. The van der Waals surface area contributed by atoms with E-state index in [1.807, 2.05) is 12.1 Å². The third-order valence-electron chi connectivity index (χ3n) is 10.8. The van der Waals surface area contributed by atoms with E-state index < -0.39 is 0 Å². The van der Waals surface area contributed by atoms with Crippen LogP contribution >= 0.6 is 0 Å². The van der Waals surface area contributed by atoms with Gasteiger partial charge in [0, 0.05) is 22.1 Å². The lowest BCUT2D eigenvalue weighted by Crippen LogP contribution is -2.27. The number of aromatic nitrogens is 2. The first-order chi connectivity index (χ1) is 24.2. The van der Waals surface area contributed by atoms with E-state index in [2.05, 4.69) is 146 Å². The number of rotatable bonds is 5. The number of nitrogens with zero attached hydrogens (tertiary/aromatic N) is 2. The molecule has 9 rings (SSSR count). The van der Waals surface area contributed by atoms with Crippen molar-refractivity contribution in [3.05, 3.63) is 168 Å². The Kier molecular flexibility index (Phi) is 7.31. The van der Waals surface area contributed by atoms with Gasteiger partial charge in [0.05, 0.1) is 11.4 Å². The highest BCUT2D eigenvalue weighted by molar-refractivity contribution is 5.86. The minimum atomic E-state index is 0.182. The molecule has 6 aromatic carbocycles. The molecule has 2 heteroatoms. The molecule has 2 nitrogen and oxygen atoms in total. The summed E-state index contributed by atoms with van der Waals surface area (Å²) in [5, 5.41) is 0. The SMILES string of the molecule is Cc1ccc(-c2ccc3c(c2)-c2ccccc2C32CCCCC2)cc1-c1cccc(-c2nc(-c3ccccc3)cc(-c3ccccc3)n2)c1. The molecule has 0 N–H and O–H groups in total. The van der Waals surface area contributed by atoms with Gasteiger partial charge in [-0.15, -0.1) is 0 Å². The summed E-state index contributed by atoms with van der Waals surface area (Å²) in [5.41, 5.74) is 17.2. The number of fused-ring (bicyclic) bond motifs is 5. The zero-order valence-corrected chi connectivity index (χ0v) is 27.9. The Morgan fingerprint density at radius 1 is 0.408 bits per heavy atom. The van der Waals surface area contributed by atoms with Crippen molar-refractivity contribution < 1.29 is 0 Å². The Bertz CT molecular complexity index is 2260. The van der Waals surface area contributed by atoms with Crippen LogP contribution in [0.5, 0.6) is 0 Å². The Labute approximate surface area is 289 Å². The summed E-state index contributed by atoms with van der Waals surface area (Å²) in [6.45, 7) is 2.21. The van der Waals surface area contributed by atoms with Crippen LogP contribution in [0.15, 0.2) is 152 Å². The van der Waals surface area contributed by atoms with E-state index in [4.69, 9.17) is 9.97 Å². The first-order valence-corrected chi connectivity index (χ1v) is 17.6. The number of hydrogen-bond acceptors (Lipinski definition) is 2. The lowest BCUT2D eigenvalue weighted by atomic mass is 9.68. The van der Waals surface area contributed by atoms with Gasteiger partial charge in [-0.25, -0.2) is 9.97 Å². The van der Waals surface area contributed by atoms with Crippen molar-refractivity contribution in [3.63, 3.8) is 0 Å². The lowest BCUT2D eigenvalue weighted by molar-refractivity contribution is 0.353. The Morgan fingerprint density at radius 2 is 0.980 bits per heavy atom. The second-order valence-electron chi connectivity index (χ2n) is 13.8. The fraction of sp³-hybridized carbons (Fsp3) is 0.149. The molecule has 1 fully saturated rings. The highest BCUT2D eigenvalue weighted by Crippen LogP contribution is 2.56. The largest absolute Gasteiger partial charge is 0.228 e. The number of hydrogen-bond donors (Lipinski definition) is 0. The van der Waals surface area contributed by atoms with Crippen LogP contribution in [0, 0.1) is 6.92 Å². The molecule has 1 aromatic heterocycles. The van der Waals surface area contributed by atoms with Crippen molar-refractivity contribution in [2.45, 2.75) is 44.4 Å². The molecule has 0 amide bonds. The Hall–Kier alpha value is -5.60. The van der Waals surface area contributed by atoms with Gasteiger partial charge in [0.2, 0.25) is 0 Å². The third-order valence-corrected chi connectivity index (χ3v) is 10.8. The van der Waals surface area contributed by atoms with Crippen LogP contribution in [0.25, 0.3) is 67.3 Å². The average molecular weight is 631 g/mol. The fourth-order valence-electron chi connectivity index (χ4n) is 8.37. The molecule has 0 aliphatic heterocycles. The van der Waals surface area contributed by atoms with Crippen LogP contribution in [0.2, 0.25) is 0 Å². The summed E-state index contributed by atoms with van der Waals surface area (Å²) in [5.74, 6) is 0.727. The van der Waals surface area contributed by atoms with E-state index >= 15 is 0 Å². The van der Waals surface area contributed by atoms with E-state index in [-0.39, 0.29) is 5.41 Å². The van der Waals surface area contributed by atoms with Crippen LogP contribution in [-0.2, 0) is 5.41 Å². The summed E-state index contributed by atoms with van der Waals surface area (Å²) < 4.78 is 0. The zero-order chi connectivity index (χ0) is 32.8. The maximum absolute atomic E-state index is 5.10. The molecular weight excluding hydrogens is 593 g/mol. The quantitative estimate of drug-likeness (QED) is 0.189. The molecule has 49 heavy (non-hydrogen) atoms. The van der Waals surface area contributed by atoms with Crippen molar-refractivity contribution in [1.82, 2.24) is 9.97 Å². The molecule has 0 unspecified atom stereocenters. The standard InChI is InChI=1S/C47H38N2/c1-32-22-23-35(36-24-25-43-41(30-36)39-20-9-10-21-42(39)47(43)26-11-4-12-27-47)29-40(32)37-18-13-19-38(28-37)46-48-44(33-14-5-2-6-15-33)31-45(49-46)34-16-7-3-8-17-34/h2-3,5-10,13-25,28-31H,4,11-12,26-27H2,1H3. The molecule has 236 valence electrons. The van der Waals surface area contributed by atoms with Gasteiger partial charge in [0.1, 0.15) is 0 Å². The van der Waals surface area contributed by atoms with E-state index in [1.54, 1.807) is 0 Å². The maximum Gasteiger partial charge on any atom is 0.160 e. The number of aryl methyl sites for hydroxylation is 1. The second kappa shape index (κ2) is 12.1. The molecule has 0 bridgehead atoms. The Morgan fingerprint density at radius 3 is 1.69 bits per heavy atom. The summed E-state index contributed by atoms with van der Waals surface area (Å²) in [7, 11) is 0. The van der Waals surface area contributed by atoms with Crippen molar-refractivity contribution in [1.29, 1.82) is 0 Å². The summed E-state index contributed by atoms with van der Waals surface area (Å²) in [6.07, 6.45) is 6.48. The molecule has 2 aliphatic carbocycles. The molecule has 7 aromatic rings. The Balaban J connectivity index is 1.12. The topological polar surface area (TPSA) is 25.8 Å². The molecule has 1 heterocycles. The molecule has 0 saturated heterocycles. The van der Waals surface area contributed by atoms with Gasteiger partial charge in [-0.2, -0.15) is 0 Å². The summed E-state index contributed by atoms with van der Waals surface area (Å²) >= 11 is 0. The van der Waals surface area contributed by atoms with Crippen molar-refractivity contribution in [2.24, 2.45) is 0 Å². The highest BCUT2D eigenvalue weighted by atomic mass is 14.9. The highest BCUT2D eigenvalue weighted by Gasteiger charge is 2.43. The van der Waals surface area contributed by atoms with Gasteiger partial charge in [-0.05, 0) is 94.1 Å². The van der Waals surface area contributed by atoms with Crippen LogP contribution in [-0.4, -0.2) is 9.97 Å². The van der Waals surface area contributed by atoms with Gasteiger partial charge in [-0.3, -0.25) is 0 Å². The van der Waals surface area contributed by atoms with E-state index in [9.17, 15) is 0 Å². The van der Waals surface area contributed by atoms with E-state index in [0.717, 1.165) is 33.9 Å². The molecule has 0 atom stereocenters. The van der Waals surface area contributed by atoms with Crippen LogP contribution < -0.4 is 0 Å². The molecule has 1 saturated carbocycles. The second-order valence-corrected chi connectivity index (χ2v) is 13.8. The molecular formula is C47H38N2. The molecule has 1 spiro atoms. The van der Waals surface area contributed by atoms with Gasteiger partial charge >= 0.3 is 0 Å². The van der Waals surface area contributed by atoms with Gasteiger partial charge < -0.3 is 0 Å². The minimum absolute atomic E-state index is 0.182. The van der Waals surface area contributed by atoms with E-state index in [1.165, 1.54) is 82.2 Å². The zero-order valence-electron chi connectivity index (χ0n) is 27.9. The van der Waals surface area contributed by atoms with Crippen LogP contribution in [0.3, 0.4) is 0 Å². The first kappa shape index (κ1) is 29.5. The van der Waals surface area contributed by atoms with E-state index in [0.29, 0.717) is 0 Å². The van der Waals surface area contributed by atoms with Crippen LogP contribution in [0.4, 0.5) is 0 Å². The van der Waals surface area contributed by atoms with Crippen molar-refractivity contribution in [2.75, 3.05) is 0 Å². The molecule has 2 aliphatic rings. The third kappa shape index (κ3) is 5.20. The smallest absolute Gasteiger partial charge is 0.160 e. The average Bonchev–Trinajstić information content (AvgIpc) is 3.44. The predicted octanol–water partition coefficient (Wildman–Crippen LogP) is 12.4. The maximum atomic E-state index is 5.10. The summed E-state index contributed by atoms with van der Waals surface area (Å²) in [6, 6.07) is 54.9. The minimum Gasteiger partial charge on any atom is -0.228 e. The normalized spacial score (nSPS) is 14.4. The van der Waals surface area contributed by atoms with Crippen molar-refractivity contribution >= 4 is 0 Å². The van der Waals surface area contributed by atoms with Gasteiger partial charge in [-0.1, -0.05) is 147 Å². The van der Waals surface area contributed by atoms with Crippen molar-refractivity contribution in [3.8, 4) is 67.3 Å².